The molecular weight excluding hydrogens is 448 g/mol. The number of fused-ring (bicyclic) bond motifs is 1. The molecule has 1 aliphatic rings. The first kappa shape index (κ1) is 22.3. The van der Waals surface area contributed by atoms with Gasteiger partial charge in [-0.25, -0.2) is 4.68 Å². The third kappa shape index (κ3) is 4.01. The highest BCUT2D eigenvalue weighted by atomic mass is 35.5. The van der Waals surface area contributed by atoms with Crippen molar-refractivity contribution in [2.75, 3.05) is 23.3 Å². The molecule has 174 valence electrons. The predicted molar refractivity (Wildman–Crippen MR) is 136 cm³/mol. The van der Waals surface area contributed by atoms with Gasteiger partial charge in [-0.3, -0.25) is 4.79 Å². The summed E-state index contributed by atoms with van der Waals surface area (Å²) in [5, 5.41) is 18.6. The fraction of sp³-hybridized carbons (Fsp3) is 0.308. The van der Waals surface area contributed by atoms with Crippen LogP contribution in [0.1, 0.15) is 29.8 Å². The van der Waals surface area contributed by atoms with E-state index in [9.17, 15) is 4.79 Å². The van der Waals surface area contributed by atoms with E-state index < -0.39 is 0 Å². The van der Waals surface area contributed by atoms with Gasteiger partial charge in [-0.15, -0.1) is 5.10 Å². The maximum Gasteiger partial charge on any atom is 0.227 e. The lowest BCUT2D eigenvalue weighted by molar-refractivity contribution is -0.120. The second-order valence-electron chi connectivity index (χ2n) is 8.83. The zero-order valence-corrected chi connectivity index (χ0v) is 20.3. The van der Waals surface area contributed by atoms with Crippen molar-refractivity contribution >= 4 is 39.9 Å². The number of anilines is 2. The average molecular weight is 475 g/mol. The van der Waals surface area contributed by atoms with Crippen LogP contribution < -0.4 is 10.2 Å². The van der Waals surface area contributed by atoms with Crippen LogP contribution in [0.25, 0.3) is 16.6 Å². The highest BCUT2D eigenvalue weighted by molar-refractivity contribution is 6.31. The maximum atomic E-state index is 12.9. The molecule has 8 heteroatoms. The van der Waals surface area contributed by atoms with Crippen molar-refractivity contribution in [2.45, 2.75) is 33.6 Å². The van der Waals surface area contributed by atoms with Gasteiger partial charge in [-0.1, -0.05) is 35.9 Å². The minimum atomic E-state index is -0.0628. The number of nitrogens with zero attached hydrogens (tertiary/aromatic N) is 5. The fourth-order valence-corrected chi connectivity index (χ4v) is 4.85. The number of carbonyl (C=O) groups is 1. The average Bonchev–Trinajstić information content (AvgIpc) is 3.21. The van der Waals surface area contributed by atoms with Crippen LogP contribution in [-0.4, -0.2) is 39.0 Å². The Labute approximate surface area is 203 Å². The molecule has 0 bridgehead atoms. The topological polar surface area (TPSA) is 75.9 Å². The number of halogens is 1. The van der Waals surface area contributed by atoms with Crippen LogP contribution in [0, 0.1) is 26.7 Å². The molecule has 7 nitrogen and oxygen atoms in total. The number of nitrogens with one attached hydrogen (secondary N) is 1. The van der Waals surface area contributed by atoms with Crippen molar-refractivity contribution in [2.24, 2.45) is 5.92 Å². The Morgan fingerprint density at radius 3 is 2.47 bits per heavy atom. The number of amides is 1. The first-order valence-electron chi connectivity index (χ1n) is 11.5. The predicted octanol–water partition coefficient (Wildman–Crippen LogP) is 5.25. The van der Waals surface area contributed by atoms with Crippen molar-refractivity contribution in [3.63, 3.8) is 0 Å². The number of para-hydroxylation sites is 1. The van der Waals surface area contributed by atoms with Crippen molar-refractivity contribution in [3.8, 4) is 5.69 Å². The normalized spacial score (nSPS) is 14.5. The van der Waals surface area contributed by atoms with Gasteiger partial charge in [0.15, 0.2) is 5.82 Å². The molecule has 0 aliphatic carbocycles. The molecule has 1 amide bonds. The van der Waals surface area contributed by atoms with Crippen LogP contribution in [0.4, 0.5) is 11.5 Å². The minimum Gasteiger partial charge on any atom is -0.353 e. The van der Waals surface area contributed by atoms with E-state index in [4.69, 9.17) is 16.7 Å². The third-order valence-electron chi connectivity index (χ3n) is 6.68. The summed E-state index contributed by atoms with van der Waals surface area (Å²) in [6.07, 6.45) is 1.47. The zero-order chi connectivity index (χ0) is 23.8. The third-order valence-corrected chi connectivity index (χ3v) is 7.09. The summed E-state index contributed by atoms with van der Waals surface area (Å²) in [4.78, 5) is 15.1. The standard InChI is InChI=1S/C26H27ClN6O/c1-16-21(27)10-7-11-22(16)28-26(34)19-12-14-32(15-13-19)25-24-23(17(2)29-30-25)18(3)33(31-24)20-8-5-4-6-9-20/h4-11,19H,12-15H2,1-3H3,(H,28,34). The summed E-state index contributed by atoms with van der Waals surface area (Å²) in [6.45, 7) is 7.39. The second-order valence-corrected chi connectivity index (χ2v) is 9.24. The van der Waals surface area contributed by atoms with E-state index in [0.29, 0.717) is 5.02 Å². The monoisotopic (exact) mass is 474 g/mol. The van der Waals surface area contributed by atoms with Gasteiger partial charge in [0.25, 0.3) is 0 Å². The molecule has 1 fully saturated rings. The smallest absolute Gasteiger partial charge is 0.227 e. The molecule has 2 aromatic heterocycles. The van der Waals surface area contributed by atoms with Crippen LogP contribution >= 0.6 is 11.6 Å². The first-order valence-corrected chi connectivity index (χ1v) is 11.9. The van der Waals surface area contributed by atoms with Crippen LogP contribution in [0.2, 0.25) is 5.02 Å². The summed E-state index contributed by atoms with van der Waals surface area (Å²) in [7, 11) is 0. The lowest BCUT2D eigenvalue weighted by atomic mass is 9.95. The Kier molecular flexibility index (Phi) is 5.96. The number of hydrogen-bond acceptors (Lipinski definition) is 5. The highest BCUT2D eigenvalue weighted by Crippen LogP contribution is 2.32. The van der Waals surface area contributed by atoms with Gasteiger partial charge in [-0.05, 0) is 63.4 Å². The van der Waals surface area contributed by atoms with E-state index in [1.165, 1.54) is 0 Å². The summed E-state index contributed by atoms with van der Waals surface area (Å²) < 4.78 is 1.96. The molecule has 0 unspecified atom stereocenters. The molecule has 4 aromatic rings. The highest BCUT2D eigenvalue weighted by Gasteiger charge is 2.28. The molecule has 1 saturated heterocycles. The van der Waals surface area contributed by atoms with Gasteiger partial charge < -0.3 is 10.2 Å². The molecule has 3 heterocycles. The number of carbonyl (C=O) groups excluding carboxylic acids is 1. The number of piperidine rings is 1. The molecule has 0 atom stereocenters. The Morgan fingerprint density at radius 1 is 1.00 bits per heavy atom. The fourth-order valence-electron chi connectivity index (χ4n) is 4.68. The quantitative estimate of drug-likeness (QED) is 0.437. The lowest BCUT2D eigenvalue weighted by Crippen LogP contribution is -2.39. The molecular formula is C26H27ClN6O. The molecule has 5 rings (SSSR count). The lowest BCUT2D eigenvalue weighted by Gasteiger charge is -2.32. The van der Waals surface area contributed by atoms with E-state index in [-0.39, 0.29) is 11.8 Å². The Bertz CT molecular complexity index is 1360. The largest absolute Gasteiger partial charge is 0.353 e. The maximum absolute atomic E-state index is 12.9. The number of hydrogen-bond donors (Lipinski definition) is 1. The number of rotatable bonds is 4. The SMILES string of the molecule is Cc1c(Cl)cccc1NC(=O)C1CCN(c2nnc(C)c3c(C)n(-c4ccccc4)nc23)CC1. The van der Waals surface area contributed by atoms with Crippen molar-refractivity contribution < 1.29 is 4.79 Å². The summed E-state index contributed by atoms with van der Waals surface area (Å²) >= 11 is 6.20. The van der Waals surface area contributed by atoms with E-state index in [0.717, 1.165) is 71.0 Å². The minimum absolute atomic E-state index is 0.0364. The van der Waals surface area contributed by atoms with E-state index >= 15 is 0 Å². The molecule has 1 aliphatic heterocycles. The van der Waals surface area contributed by atoms with Gasteiger partial charge in [0, 0.05) is 29.7 Å². The van der Waals surface area contributed by atoms with Crippen molar-refractivity contribution in [1.82, 2.24) is 20.0 Å². The zero-order valence-electron chi connectivity index (χ0n) is 19.5. The molecule has 1 N–H and O–H groups in total. The Morgan fingerprint density at radius 2 is 1.74 bits per heavy atom. The van der Waals surface area contributed by atoms with Crippen molar-refractivity contribution in [3.05, 3.63) is 70.5 Å². The van der Waals surface area contributed by atoms with E-state index in [1.54, 1.807) is 0 Å². The Balaban J connectivity index is 1.36. The van der Waals surface area contributed by atoms with Crippen LogP contribution in [-0.2, 0) is 4.79 Å². The van der Waals surface area contributed by atoms with Gasteiger partial charge in [0.05, 0.1) is 22.5 Å². The van der Waals surface area contributed by atoms with Gasteiger partial charge >= 0.3 is 0 Å². The second kappa shape index (κ2) is 9.06. The van der Waals surface area contributed by atoms with Crippen LogP contribution in [0.15, 0.2) is 48.5 Å². The molecule has 0 radical (unpaired) electrons. The van der Waals surface area contributed by atoms with Crippen LogP contribution in [0.3, 0.4) is 0 Å². The summed E-state index contributed by atoms with van der Waals surface area (Å²) in [5.74, 6) is 0.754. The van der Waals surface area contributed by atoms with Crippen LogP contribution in [0.5, 0.6) is 0 Å². The number of aryl methyl sites for hydroxylation is 2. The molecule has 34 heavy (non-hydrogen) atoms. The van der Waals surface area contributed by atoms with E-state index in [1.807, 2.05) is 67.1 Å². The molecule has 0 saturated carbocycles. The van der Waals surface area contributed by atoms with Gasteiger partial charge in [0.2, 0.25) is 5.91 Å². The number of aromatic nitrogens is 4. The molecule has 0 spiro atoms. The summed E-state index contributed by atoms with van der Waals surface area (Å²) in [6, 6.07) is 15.7. The van der Waals surface area contributed by atoms with E-state index in [2.05, 4.69) is 27.3 Å². The van der Waals surface area contributed by atoms with Crippen molar-refractivity contribution in [1.29, 1.82) is 0 Å². The molecule has 2 aromatic carbocycles. The Hall–Kier alpha value is -3.45. The van der Waals surface area contributed by atoms with Gasteiger partial charge in [0.1, 0.15) is 5.52 Å². The number of benzene rings is 2. The van der Waals surface area contributed by atoms with Gasteiger partial charge in [-0.2, -0.15) is 10.2 Å². The first-order chi connectivity index (χ1) is 16.4. The summed E-state index contributed by atoms with van der Waals surface area (Å²) in [5.41, 5.74) is 5.43.